The summed E-state index contributed by atoms with van der Waals surface area (Å²) in [6.07, 6.45) is 7.63. The molecule has 1 aliphatic carbocycles. The molecule has 2 aromatic carbocycles. The molecule has 1 aromatic heterocycles. The zero-order chi connectivity index (χ0) is 19.5. The van der Waals surface area contributed by atoms with Crippen molar-refractivity contribution in [2.45, 2.75) is 32.7 Å². The third kappa shape index (κ3) is 3.58. The lowest BCUT2D eigenvalue weighted by Crippen LogP contribution is -2.21. The number of aliphatic imine (C=N–C) groups is 1. The molecule has 140 valence electrons. The fourth-order valence-corrected chi connectivity index (χ4v) is 3.81. The molecule has 1 unspecified atom stereocenters. The third-order valence-corrected chi connectivity index (χ3v) is 5.07. The molecule has 0 saturated carbocycles. The number of rotatable bonds is 5. The van der Waals surface area contributed by atoms with E-state index < -0.39 is 0 Å². The Labute approximate surface area is 165 Å². The summed E-state index contributed by atoms with van der Waals surface area (Å²) >= 11 is 0. The largest absolute Gasteiger partial charge is 0.366 e. The van der Waals surface area contributed by atoms with Crippen LogP contribution in [-0.4, -0.2) is 22.7 Å². The molecular formula is C24H24N4. The van der Waals surface area contributed by atoms with E-state index in [0.29, 0.717) is 11.9 Å². The van der Waals surface area contributed by atoms with Crippen molar-refractivity contribution < 1.29 is 0 Å². The van der Waals surface area contributed by atoms with E-state index >= 15 is 0 Å². The van der Waals surface area contributed by atoms with Gasteiger partial charge in [-0.1, -0.05) is 48.0 Å². The second-order valence-electron chi connectivity index (χ2n) is 7.20. The Balaban J connectivity index is 1.72. The Morgan fingerprint density at radius 1 is 1.14 bits per heavy atom. The van der Waals surface area contributed by atoms with Crippen LogP contribution in [0.25, 0.3) is 16.5 Å². The first-order valence-corrected chi connectivity index (χ1v) is 9.58. The maximum Gasteiger partial charge on any atom is 0.163 e. The van der Waals surface area contributed by atoms with Crippen molar-refractivity contribution in [3.05, 3.63) is 83.3 Å². The highest BCUT2D eigenvalue weighted by Crippen LogP contribution is 2.29. The molecule has 1 aliphatic rings. The van der Waals surface area contributed by atoms with Crippen LogP contribution in [0.15, 0.2) is 65.8 Å². The summed E-state index contributed by atoms with van der Waals surface area (Å²) in [5, 5.41) is 4.71. The van der Waals surface area contributed by atoms with Crippen LogP contribution < -0.4 is 5.32 Å². The van der Waals surface area contributed by atoms with Crippen molar-refractivity contribution in [2.24, 2.45) is 4.99 Å². The fraction of sp³-hybridized carbons (Fsp3) is 0.208. The van der Waals surface area contributed by atoms with E-state index in [-0.39, 0.29) is 0 Å². The molecule has 0 aliphatic heterocycles. The molecule has 0 spiro atoms. The fourth-order valence-electron chi connectivity index (χ4n) is 3.81. The Bertz CT molecular complexity index is 1090. The molecule has 1 heterocycles. The van der Waals surface area contributed by atoms with Crippen molar-refractivity contribution in [1.29, 1.82) is 0 Å². The summed E-state index contributed by atoms with van der Waals surface area (Å²) in [7, 11) is 0. The van der Waals surface area contributed by atoms with Crippen molar-refractivity contribution >= 4 is 29.0 Å². The van der Waals surface area contributed by atoms with Crippen LogP contribution in [0.1, 0.15) is 29.4 Å². The smallest absolute Gasteiger partial charge is 0.163 e. The van der Waals surface area contributed by atoms with Gasteiger partial charge in [-0.25, -0.2) is 9.97 Å². The predicted molar refractivity (Wildman–Crippen MR) is 118 cm³/mol. The van der Waals surface area contributed by atoms with Crippen LogP contribution >= 0.6 is 0 Å². The standard InChI is InChI=1S/C24H24N4/c1-4-7-18(15-25-3)23-27-22-9-6-5-8-21(22)24(28-23)26-20-13-17-11-10-16(2)12-19(17)14-20/h4-12,15,20H,3,13-14H2,1-2H3,(H,26,27,28)/b7-4-,18-15+. The molecule has 28 heavy (non-hydrogen) atoms. The summed E-state index contributed by atoms with van der Waals surface area (Å²) in [6.45, 7) is 7.69. The number of allylic oxidation sites excluding steroid dienone is 3. The third-order valence-electron chi connectivity index (χ3n) is 5.07. The summed E-state index contributed by atoms with van der Waals surface area (Å²) in [5.41, 5.74) is 5.93. The minimum absolute atomic E-state index is 0.328. The topological polar surface area (TPSA) is 50.2 Å². The van der Waals surface area contributed by atoms with Gasteiger partial charge in [0.25, 0.3) is 0 Å². The molecule has 0 amide bonds. The van der Waals surface area contributed by atoms with Crippen LogP contribution in [0, 0.1) is 6.92 Å². The quantitative estimate of drug-likeness (QED) is 0.501. The lowest BCUT2D eigenvalue weighted by Gasteiger charge is -2.16. The van der Waals surface area contributed by atoms with Gasteiger partial charge in [-0.2, -0.15) is 0 Å². The number of fused-ring (bicyclic) bond motifs is 2. The van der Waals surface area contributed by atoms with Crippen molar-refractivity contribution in [3.63, 3.8) is 0 Å². The molecule has 4 heteroatoms. The minimum Gasteiger partial charge on any atom is -0.366 e. The second-order valence-corrected chi connectivity index (χ2v) is 7.20. The highest BCUT2D eigenvalue weighted by atomic mass is 15.1. The normalized spacial score (nSPS) is 16.5. The molecule has 0 fully saturated rings. The van der Waals surface area contributed by atoms with Crippen LogP contribution in [0.5, 0.6) is 0 Å². The van der Waals surface area contributed by atoms with E-state index in [1.807, 2.05) is 37.3 Å². The lowest BCUT2D eigenvalue weighted by atomic mass is 10.1. The first-order valence-electron chi connectivity index (χ1n) is 9.58. The van der Waals surface area contributed by atoms with Crippen molar-refractivity contribution in [3.8, 4) is 0 Å². The van der Waals surface area contributed by atoms with Gasteiger partial charge in [0.2, 0.25) is 0 Å². The van der Waals surface area contributed by atoms with E-state index in [0.717, 1.165) is 35.1 Å². The first-order chi connectivity index (χ1) is 13.7. The van der Waals surface area contributed by atoms with Gasteiger partial charge < -0.3 is 5.32 Å². The first kappa shape index (κ1) is 18.1. The molecule has 3 aromatic rings. The summed E-state index contributed by atoms with van der Waals surface area (Å²) in [4.78, 5) is 13.5. The Kier molecular flexibility index (Phi) is 5.02. The van der Waals surface area contributed by atoms with Crippen LogP contribution in [0.3, 0.4) is 0 Å². The number of para-hydroxylation sites is 1. The number of anilines is 1. The Morgan fingerprint density at radius 2 is 1.96 bits per heavy atom. The molecule has 0 bridgehead atoms. The molecular weight excluding hydrogens is 344 g/mol. The van der Waals surface area contributed by atoms with Gasteiger partial charge in [-0.3, -0.25) is 4.99 Å². The molecule has 4 nitrogen and oxygen atoms in total. The Morgan fingerprint density at radius 3 is 2.79 bits per heavy atom. The number of nitrogens with zero attached hydrogens (tertiary/aromatic N) is 3. The van der Waals surface area contributed by atoms with E-state index in [2.05, 4.69) is 48.2 Å². The average Bonchev–Trinajstić information content (AvgIpc) is 3.09. The van der Waals surface area contributed by atoms with Crippen LogP contribution in [0.2, 0.25) is 0 Å². The van der Waals surface area contributed by atoms with Gasteiger partial charge >= 0.3 is 0 Å². The van der Waals surface area contributed by atoms with Gasteiger partial charge in [-0.05, 0) is 56.7 Å². The van der Waals surface area contributed by atoms with E-state index in [9.17, 15) is 0 Å². The number of benzene rings is 2. The zero-order valence-electron chi connectivity index (χ0n) is 16.3. The van der Waals surface area contributed by atoms with Crippen LogP contribution in [0.4, 0.5) is 5.82 Å². The number of aromatic nitrogens is 2. The molecule has 1 N–H and O–H groups in total. The zero-order valence-corrected chi connectivity index (χ0v) is 16.3. The highest BCUT2D eigenvalue weighted by Gasteiger charge is 2.22. The van der Waals surface area contributed by atoms with Crippen molar-refractivity contribution in [1.82, 2.24) is 9.97 Å². The van der Waals surface area contributed by atoms with Gasteiger partial charge in [0, 0.05) is 23.2 Å². The van der Waals surface area contributed by atoms with Gasteiger partial charge in [0.15, 0.2) is 5.82 Å². The maximum absolute atomic E-state index is 4.85. The lowest BCUT2D eigenvalue weighted by molar-refractivity contribution is 0.769. The summed E-state index contributed by atoms with van der Waals surface area (Å²) in [6, 6.07) is 15.2. The number of hydrogen-bond donors (Lipinski definition) is 1. The maximum atomic E-state index is 4.85. The van der Waals surface area contributed by atoms with Gasteiger partial charge in [0.1, 0.15) is 5.82 Å². The molecule has 0 saturated heterocycles. The molecule has 1 atom stereocenters. The SMILES string of the molecule is C=N/C=C(\C=C/C)c1nc(NC2Cc3ccc(C)cc3C2)c2ccccc2n1. The molecule has 0 radical (unpaired) electrons. The van der Waals surface area contributed by atoms with Crippen molar-refractivity contribution in [2.75, 3.05) is 5.32 Å². The predicted octanol–water partition coefficient (Wildman–Crippen LogP) is 5.14. The summed E-state index contributed by atoms with van der Waals surface area (Å²) in [5.74, 6) is 1.52. The average molecular weight is 368 g/mol. The van der Waals surface area contributed by atoms with Crippen LogP contribution in [-0.2, 0) is 12.8 Å². The minimum atomic E-state index is 0.328. The van der Waals surface area contributed by atoms with Gasteiger partial charge in [0.05, 0.1) is 5.52 Å². The number of hydrogen-bond acceptors (Lipinski definition) is 4. The molecule has 4 rings (SSSR count). The van der Waals surface area contributed by atoms with E-state index in [1.54, 1.807) is 6.20 Å². The number of nitrogens with one attached hydrogen (secondary N) is 1. The second kappa shape index (κ2) is 7.77. The summed E-state index contributed by atoms with van der Waals surface area (Å²) < 4.78 is 0. The number of aryl methyl sites for hydroxylation is 1. The van der Waals surface area contributed by atoms with E-state index in [4.69, 9.17) is 9.97 Å². The monoisotopic (exact) mass is 368 g/mol. The Hall–Kier alpha value is -3.27. The highest BCUT2D eigenvalue weighted by molar-refractivity contribution is 5.90. The van der Waals surface area contributed by atoms with Gasteiger partial charge in [-0.15, -0.1) is 0 Å². The van der Waals surface area contributed by atoms with E-state index in [1.165, 1.54) is 16.7 Å².